The van der Waals surface area contributed by atoms with E-state index >= 15 is 0 Å². The average Bonchev–Trinajstić information content (AvgIpc) is 3.22. The van der Waals surface area contributed by atoms with Crippen LogP contribution in [0.25, 0.3) is 0 Å². The van der Waals surface area contributed by atoms with Gasteiger partial charge in [-0.25, -0.2) is 0 Å². The van der Waals surface area contributed by atoms with Gasteiger partial charge in [-0.2, -0.15) is 0 Å². The van der Waals surface area contributed by atoms with Gasteiger partial charge in [-0.3, -0.25) is 10.3 Å². The summed E-state index contributed by atoms with van der Waals surface area (Å²) in [5.41, 5.74) is 3.89. The molecule has 0 bridgehead atoms. The highest BCUT2D eigenvalue weighted by molar-refractivity contribution is 9.10. The summed E-state index contributed by atoms with van der Waals surface area (Å²) in [6, 6.07) is 21.4. The van der Waals surface area contributed by atoms with Crippen LogP contribution in [0.2, 0.25) is 0 Å². The number of ether oxygens (including phenoxy) is 2. The Morgan fingerprint density at radius 1 is 0.966 bits per heavy atom. The zero-order valence-electron chi connectivity index (χ0n) is 15.5. The summed E-state index contributed by atoms with van der Waals surface area (Å²) in [5.74, 6) is 1.78. The first-order chi connectivity index (χ1) is 14.2. The number of fused-ring (bicyclic) bond motifs is 1. The Hall–Kier alpha value is -2.83. The first kappa shape index (κ1) is 18.2. The van der Waals surface area contributed by atoms with Crippen molar-refractivity contribution in [1.82, 2.24) is 5.32 Å². The number of aliphatic imine (C=N–C) groups is 1. The van der Waals surface area contributed by atoms with Crippen molar-refractivity contribution in [3.63, 3.8) is 0 Å². The lowest BCUT2D eigenvalue weighted by Crippen LogP contribution is -2.33. The third-order valence-electron chi connectivity index (χ3n) is 5.25. The molecule has 0 radical (unpaired) electrons. The third-order valence-corrected chi connectivity index (χ3v) is 5.77. The third kappa shape index (κ3) is 3.61. The van der Waals surface area contributed by atoms with Gasteiger partial charge in [-0.1, -0.05) is 46.3 Å². The lowest BCUT2D eigenvalue weighted by Gasteiger charge is -2.31. The molecule has 2 N–H and O–H groups in total. The van der Waals surface area contributed by atoms with E-state index in [1.54, 1.807) is 6.07 Å². The summed E-state index contributed by atoms with van der Waals surface area (Å²) in [6.07, 6.45) is 0.437. The Labute approximate surface area is 177 Å². The first-order valence-electron chi connectivity index (χ1n) is 9.43. The fourth-order valence-corrected chi connectivity index (χ4v) is 4.02. The largest absolute Gasteiger partial charge is 0.508 e. The van der Waals surface area contributed by atoms with Gasteiger partial charge in [-0.15, -0.1) is 0 Å². The molecule has 2 aliphatic heterocycles. The van der Waals surface area contributed by atoms with Crippen LogP contribution in [0.5, 0.6) is 17.2 Å². The summed E-state index contributed by atoms with van der Waals surface area (Å²) in [7, 11) is 0. The topological polar surface area (TPSA) is 63.1 Å². The molecule has 2 aliphatic rings. The highest BCUT2D eigenvalue weighted by Crippen LogP contribution is 2.37. The summed E-state index contributed by atoms with van der Waals surface area (Å²) in [4.78, 5) is 5.00. The smallest absolute Gasteiger partial charge is 0.231 e. The van der Waals surface area contributed by atoms with E-state index < -0.39 is 0 Å². The molecule has 0 aliphatic carbocycles. The van der Waals surface area contributed by atoms with Crippen LogP contribution >= 0.6 is 15.9 Å². The van der Waals surface area contributed by atoms with Crippen LogP contribution in [0.3, 0.4) is 0 Å². The van der Waals surface area contributed by atoms with E-state index in [-0.39, 0.29) is 24.8 Å². The lowest BCUT2D eigenvalue weighted by molar-refractivity contribution is 0.174. The Morgan fingerprint density at radius 2 is 1.76 bits per heavy atom. The molecule has 0 saturated heterocycles. The summed E-state index contributed by atoms with van der Waals surface area (Å²) < 4.78 is 12.0. The minimum absolute atomic E-state index is 0.0669. The van der Waals surface area contributed by atoms with Crippen molar-refractivity contribution in [3.8, 4) is 17.2 Å². The molecule has 0 fully saturated rings. The van der Waals surface area contributed by atoms with E-state index in [9.17, 15) is 5.11 Å². The molecule has 3 aromatic rings. The highest BCUT2D eigenvalue weighted by Gasteiger charge is 2.28. The SMILES string of the molecule is Oc1ccccc1[C@@H]1CC(c2ccc3c(c2)OCO3)=N[C@@H](c2ccc(Br)cc2)N1. The number of para-hydroxylation sites is 1. The standard InChI is InChI=1S/C23H19BrN2O3/c24-16-8-5-14(6-9-16)23-25-18(15-7-10-21-22(11-15)29-13-28-21)12-19(26-23)17-3-1-2-4-20(17)27/h1-11,19,23,26-27H,12-13H2/t19-,23+/m0/s1. The molecule has 2 heterocycles. The van der Waals surface area contributed by atoms with Crippen LogP contribution in [0.15, 0.2) is 76.2 Å². The second kappa shape index (κ2) is 7.54. The summed E-state index contributed by atoms with van der Waals surface area (Å²) in [6.45, 7) is 0.245. The van der Waals surface area contributed by atoms with Crippen LogP contribution in [0.4, 0.5) is 0 Å². The van der Waals surface area contributed by atoms with E-state index in [0.29, 0.717) is 6.42 Å². The molecule has 0 saturated carbocycles. The predicted molar refractivity (Wildman–Crippen MR) is 115 cm³/mol. The van der Waals surface area contributed by atoms with Crippen molar-refractivity contribution in [3.05, 3.63) is 87.9 Å². The van der Waals surface area contributed by atoms with Gasteiger partial charge in [0, 0.05) is 28.2 Å². The van der Waals surface area contributed by atoms with Crippen molar-refractivity contribution in [2.24, 2.45) is 4.99 Å². The van der Waals surface area contributed by atoms with E-state index in [4.69, 9.17) is 14.5 Å². The molecule has 0 aromatic heterocycles. The molecule has 29 heavy (non-hydrogen) atoms. The molecule has 0 unspecified atom stereocenters. The molecule has 146 valence electrons. The number of aromatic hydroxyl groups is 1. The van der Waals surface area contributed by atoms with Crippen molar-refractivity contribution in [1.29, 1.82) is 0 Å². The number of halogens is 1. The highest BCUT2D eigenvalue weighted by atomic mass is 79.9. The number of hydrogen-bond acceptors (Lipinski definition) is 5. The van der Waals surface area contributed by atoms with Crippen LogP contribution < -0.4 is 14.8 Å². The number of nitrogens with zero attached hydrogens (tertiary/aromatic N) is 1. The minimum atomic E-state index is -0.220. The van der Waals surface area contributed by atoms with Crippen LogP contribution in [0, 0.1) is 0 Å². The predicted octanol–water partition coefficient (Wildman–Crippen LogP) is 5.11. The fourth-order valence-electron chi connectivity index (χ4n) is 3.75. The quantitative estimate of drug-likeness (QED) is 0.582. The zero-order valence-corrected chi connectivity index (χ0v) is 17.1. The van der Waals surface area contributed by atoms with E-state index in [0.717, 1.165) is 38.4 Å². The number of benzene rings is 3. The maximum atomic E-state index is 10.4. The summed E-state index contributed by atoms with van der Waals surface area (Å²) >= 11 is 3.49. The number of hydrogen-bond donors (Lipinski definition) is 2. The van der Waals surface area contributed by atoms with Gasteiger partial charge in [-0.05, 0) is 47.5 Å². The van der Waals surface area contributed by atoms with Crippen molar-refractivity contribution in [2.45, 2.75) is 18.6 Å². The van der Waals surface area contributed by atoms with Gasteiger partial charge in [0.15, 0.2) is 11.5 Å². The van der Waals surface area contributed by atoms with Crippen molar-refractivity contribution < 1.29 is 14.6 Å². The number of phenolic OH excluding ortho intramolecular Hbond substituents is 1. The van der Waals surface area contributed by atoms with Crippen molar-refractivity contribution >= 4 is 21.6 Å². The van der Waals surface area contributed by atoms with Gasteiger partial charge >= 0.3 is 0 Å². The normalized spacial score (nSPS) is 20.4. The zero-order chi connectivity index (χ0) is 19.8. The van der Waals surface area contributed by atoms with Crippen molar-refractivity contribution in [2.75, 3.05) is 6.79 Å². The van der Waals surface area contributed by atoms with Gasteiger partial charge in [0.25, 0.3) is 0 Å². The molecule has 3 aromatic carbocycles. The van der Waals surface area contributed by atoms with Crippen LogP contribution in [-0.4, -0.2) is 17.6 Å². The molecule has 2 atom stereocenters. The van der Waals surface area contributed by atoms with Crippen LogP contribution in [-0.2, 0) is 0 Å². The Kier molecular flexibility index (Phi) is 4.73. The van der Waals surface area contributed by atoms with Gasteiger partial charge < -0.3 is 14.6 Å². The second-order valence-electron chi connectivity index (χ2n) is 7.08. The Morgan fingerprint density at radius 3 is 2.59 bits per heavy atom. The summed E-state index contributed by atoms with van der Waals surface area (Å²) in [5, 5.41) is 14.0. The molecule has 0 amide bonds. The second-order valence-corrected chi connectivity index (χ2v) is 8.00. The number of nitrogens with one attached hydrogen (secondary N) is 1. The molecule has 5 rings (SSSR count). The van der Waals surface area contributed by atoms with Gasteiger partial charge in [0.1, 0.15) is 11.9 Å². The first-order valence-corrected chi connectivity index (χ1v) is 10.2. The maximum Gasteiger partial charge on any atom is 0.231 e. The molecule has 0 spiro atoms. The number of rotatable bonds is 3. The average molecular weight is 451 g/mol. The molecular weight excluding hydrogens is 432 g/mol. The van der Waals surface area contributed by atoms with E-state index in [1.165, 1.54) is 0 Å². The van der Waals surface area contributed by atoms with Gasteiger partial charge in [0.2, 0.25) is 6.79 Å². The molecule has 6 heteroatoms. The lowest BCUT2D eigenvalue weighted by atomic mass is 9.93. The molecular formula is C23H19BrN2O3. The van der Waals surface area contributed by atoms with E-state index in [1.807, 2.05) is 48.5 Å². The minimum Gasteiger partial charge on any atom is -0.508 e. The monoisotopic (exact) mass is 450 g/mol. The Bertz CT molecular complexity index is 1080. The van der Waals surface area contributed by atoms with E-state index in [2.05, 4.69) is 33.4 Å². The molecule has 5 nitrogen and oxygen atoms in total. The maximum absolute atomic E-state index is 10.4. The number of phenols is 1. The Balaban J connectivity index is 1.56. The fraction of sp³-hybridized carbons (Fsp3) is 0.174. The van der Waals surface area contributed by atoms with Gasteiger partial charge in [0.05, 0.1) is 0 Å². The van der Waals surface area contributed by atoms with Crippen LogP contribution in [0.1, 0.15) is 35.3 Å².